The first-order chi connectivity index (χ1) is 13.3. The van der Waals surface area contributed by atoms with Gasteiger partial charge in [0.25, 0.3) is 0 Å². The molecule has 0 atom stereocenters. The van der Waals surface area contributed by atoms with E-state index in [0.29, 0.717) is 52.0 Å². The molecule has 0 saturated carbocycles. The summed E-state index contributed by atoms with van der Waals surface area (Å²) < 4.78 is 16.8. The molecule has 0 aromatic heterocycles. The lowest BCUT2D eigenvalue weighted by atomic mass is 10.3. The lowest BCUT2D eigenvalue weighted by Crippen LogP contribution is -2.06. The Morgan fingerprint density at radius 3 is 2.07 bits per heavy atom. The zero-order valence-corrected chi connectivity index (χ0v) is 19.4. The van der Waals surface area contributed by atoms with Crippen LogP contribution in [0, 0.1) is 0 Å². The molecule has 28 heavy (non-hydrogen) atoms. The monoisotopic (exact) mass is 522 g/mol. The van der Waals surface area contributed by atoms with E-state index in [1.807, 2.05) is 0 Å². The van der Waals surface area contributed by atoms with E-state index in [9.17, 15) is 0 Å². The van der Waals surface area contributed by atoms with Crippen molar-refractivity contribution in [3.05, 3.63) is 59.9 Å². The maximum Gasteiger partial charge on any atom is 0.156 e. The van der Waals surface area contributed by atoms with Gasteiger partial charge in [-0.3, -0.25) is 0 Å². The molecule has 0 saturated heterocycles. The summed E-state index contributed by atoms with van der Waals surface area (Å²) in [6.07, 6.45) is 2.05. The van der Waals surface area contributed by atoms with E-state index in [0.717, 1.165) is 0 Å². The van der Waals surface area contributed by atoms with E-state index in [-0.39, 0.29) is 21.1 Å². The fraction of sp³-hybridized carbons (Fsp3) is 0.222. The van der Waals surface area contributed by atoms with Gasteiger partial charge in [-0.2, -0.15) is 0 Å². The topological polar surface area (TPSA) is 27.7 Å². The Kier molecular flexibility index (Phi) is 9.99. The highest BCUT2D eigenvalue weighted by Crippen LogP contribution is 2.38. The molecule has 0 bridgehead atoms. The second kappa shape index (κ2) is 11.7. The molecule has 3 nitrogen and oxygen atoms in total. The Morgan fingerprint density at radius 2 is 1.43 bits per heavy atom. The third kappa shape index (κ3) is 7.14. The third-order valence-electron chi connectivity index (χ3n) is 3.25. The van der Waals surface area contributed by atoms with Crippen molar-refractivity contribution in [1.82, 2.24) is 0 Å². The van der Waals surface area contributed by atoms with Crippen molar-refractivity contribution < 1.29 is 14.2 Å². The Hall–Kier alpha value is -0.390. The molecular formula is C18H13Cl7O3. The molecule has 0 amide bonds. The van der Waals surface area contributed by atoms with Crippen LogP contribution in [0.15, 0.2) is 34.8 Å². The second-order valence-corrected chi connectivity index (χ2v) is 8.23. The summed E-state index contributed by atoms with van der Waals surface area (Å²) in [5, 5.41) is 1.51. The number of rotatable bonds is 9. The summed E-state index contributed by atoms with van der Waals surface area (Å²) in [6, 6.07) is 6.44. The highest BCUT2D eigenvalue weighted by atomic mass is 35.5. The second-order valence-electron chi connectivity index (χ2n) is 5.24. The van der Waals surface area contributed by atoms with Crippen LogP contribution in [0.2, 0.25) is 25.1 Å². The number of hydrogen-bond acceptors (Lipinski definition) is 3. The highest BCUT2D eigenvalue weighted by Gasteiger charge is 2.12. The summed E-state index contributed by atoms with van der Waals surface area (Å²) >= 11 is 41.4. The fourth-order valence-electron chi connectivity index (χ4n) is 1.99. The lowest BCUT2D eigenvalue weighted by Gasteiger charge is -2.13. The number of ether oxygens (including phenoxy) is 3. The molecule has 0 radical (unpaired) electrons. The molecule has 0 aliphatic heterocycles. The van der Waals surface area contributed by atoms with Crippen molar-refractivity contribution >= 4 is 81.2 Å². The molecule has 0 N–H and O–H groups in total. The first kappa shape index (κ1) is 23.9. The zero-order chi connectivity index (χ0) is 20.7. The molecule has 2 aromatic carbocycles. The van der Waals surface area contributed by atoms with Gasteiger partial charge in [0.15, 0.2) is 5.75 Å². The fourth-order valence-corrected chi connectivity index (χ4v) is 3.28. The van der Waals surface area contributed by atoms with Crippen molar-refractivity contribution in [3.8, 4) is 17.2 Å². The third-order valence-corrected chi connectivity index (χ3v) is 5.40. The van der Waals surface area contributed by atoms with Crippen molar-refractivity contribution in [2.24, 2.45) is 0 Å². The maximum absolute atomic E-state index is 6.21. The minimum Gasteiger partial charge on any atom is -0.492 e. The lowest BCUT2D eigenvalue weighted by molar-refractivity contribution is 0.247. The number of benzene rings is 2. The summed E-state index contributed by atoms with van der Waals surface area (Å²) in [6.45, 7) is 0.854. The largest absolute Gasteiger partial charge is 0.492 e. The summed E-state index contributed by atoms with van der Waals surface area (Å²) in [4.78, 5) is 0. The molecule has 10 heteroatoms. The molecule has 0 spiro atoms. The van der Waals surface area contributed by atoms with Gasteiger partial charge >= 0.3 is 0 Å². The van der Waals surface area contributed by atoms with Crippen LogP contribution in [-0.2, 0) is 0 Å². The van der Waals surface area contributed by atoms with Gasteiger partial charge in [0.2, 0.25) is 0 Å². The van der Waals surface area contributed by atoms with Crippen LogP contribution in [0.3, 0.4) is 0 Å². The molecule has 2 aromatic rings. The first-order valence-electron chi connectivity index (χ1n) is 7.81. The van der Waals surface area contributed by atoms with Crippen LogP contribution in [0.25, 0.3) is 0 Å². The molecule has 0 unspecified atom stereocenters. The zero-order valence-electron chi connectivity index (χ0n) is 14.1. The van der Waals surface area contributed by atoms with E-state index >= 15 is 0 Å². The van der Waals surface area contributed by atoms with E-state index in [2.05, 4.69) is 0 Å². The van der Waals surface area contributed by atoms with E-state index in [1.165, 1.54) is 6.08 Å². The Bertz CT molecular complexity index is 828. The molecule has 2 rings (SSSR count). The Labute approximate surface area is 197 Å². The van der Waals surface area contributed by atoms with Crippen LogP contribution < -0.4 is 14.2 Å². The molecule has 0 aliphatic rings. The molecule has 0 fully saturated rings. The SMILES string of the molecule is ClC(Cl)=CCOc1cc(Cl)c(OCCCOc2ccc(Cl)c(Cl)c2Cl)c(Cl)c1. The summed E-state index contributed by atoms with van der Waals surface area (Å²) in [7, 11) is 0. The molecule has 0 aliphatic carbocycles. The van der Waals surface area contributed by atoms with Gasteiger partial charge in [-0.15, -0.1) is 0 Å². The van der Waals surface area contributed by atoms with E-state index < -0.39 is 0 Å². The van der Waals surface area contributed by atoms with Crippen molar-refractivity contribution in [2.75, 3.05) is 19.8 Å². The minimum atomic E-state index is 0.113. The Balaban J connectivity index is 1.84. The average Bonchev–Trinajstić information content (AvgIpc) is 2.62. The number of halogens is 7. The van der Waals surface area contributed by atoms with Crippen LogP contribution >= 0.6 is 81.2 Å². The standard InChI is InChI=1S/C18H13Cl7O3/c19-11-2-3-14(17(25)16(11)24)27-5-1-6-28-18-12(20)8-10(9-13(18)21)26-7-4-15(22)23/h2-4,8-9H,1,5-7H2. The van der Waals surface area contributed by atoms with Crippen LogP contribution in [0.1, 0.15) is 6.42 Å². The summed E-state index contributed by atoms with van der Waals surface area (Å²) in [5.74, 6) is 1.26. The first-order valence-corrected chi connectivity index (χ1v) is 10.5. The predicted molar refractivity (Wildman–Crippen MR) is 119 cm³/mol. The van der Waals surface area contributed by atoms with Crippen molar-refractivity contribution in [1.29, 1.82) is 0 Å². The normalized spacial score (nSPS) is 10.5. The van der Waals surface area contributed by atoms with Gasteiger partial charge in [0, 0.05) is 18.6 Å². The minimum absolute atomic E-state index is 0.113. The maximum atomic E-state index is 6.21. The van der Waals surface area contributed by atoms with Gasteiger partial charge in [0.1, 0.15) is 27.6 Å². The smallest absolute Gasteiger partial charge is 0.156 e. The molecular weight excluding hydrogens is 512 g/mol. The van der Waals surface area contributed by atoms with E-state index in [4.69, 9.17) is 95.4 Å². The van der Waals surface area contributed by atoms with Crippen molar-refractivity contribution in [3.63, 3.8) is 0 Å². The van der Waals surface area contributed by atoms with E-state index in [1.54, 1.807) is 24.3 Å². The summed E-state index contributed by atoms with van der Waals surface area (Å²) in [5.41, 5.74) is 0. The number of hydrogen-bond donors (Lipinski definition) is 0. The molecule has 0 heterocycles. The van der Waals surface area contributed by atoms with Crippen LogP contribution in [0.4, 0.5) is 0 Å². The Morgan fingerprint density at radius 1 is 0.786 bits per heavy atom. The van der Waals surface area contributed by atoms with Gasteiger partial charge < -0.3 is 14.2 Å². The average molecular weight is 525 g/mol. The van der Waals surface area contributed by atoms with Crippen molar-refractivity contribution in [2.45, 2.75) is 6.42 Å². The van der Waals surface area contributed by atoms with Gasteiger partial charge in [-0.25, -0.2) is 0 Å². The van der Waals surface area contributed by atoms with Crippen LogP contribution in [-0.4, -0.2) is 19.8 Å². The van der Waals surface area contributed by atoms with Gasteiger partial charge in [0.05, 0.1) is 33.3 Å². The van der Waals surface area contributed by atoms with Gasteiger partial charge in [-0.05, 0) is 18.2 Å². The van der Waals surface area contributed by atoms with Gasteiger partial charge in [-0.1, -0.05) is 81.2 Å². The highest BCUT2D eigenvalue weighted by molar-refractivity contribution is 6.55. The van der Waals surface area contributed by atoms with Crippen LogP contribution in [0.5, 0.6) is 17.2 Å². The quantitative estimate of drug-likeness (QED) is 0.243. The molecule has 152 valence electrons. The predicted octanol–water partition coefficient (Wildman–Crippen LogP) is 8.50.